The summed E-state index contributed by atoms with van der Waals surface area (Å²) in [5, 5.41) is 0. The second-order valence-electron chi connectivity index (χ2n) is 2.78. The van der Waals surface area contributed by atoms with Gasteiger partial charge in [-0.1, -0.05) is 6.08 Å². The Kier molecular flexibility index (Phi) is 5.85. The van der Waals surface area contributed by atoms with Crippen molar-refractivity contribution in [2.45, 2.75) is 26.7 Å². The Morgan fingerprint density at radius 3 is 2.54 bits per heavy atom. The minimum atomic E-state index is -0.613. The van der Waals surface area contributed by atoms with E-state index in [1.54, 1.807) is 13.0 Å². The second-order valence-corrected chi connectivity index (χ2v) is 2.78. The molecule has 0 aliphatic rings. The molecule has 0 rings (SSSR count). The first-order chi connectivity index (χ1) is 6.13. The summed E-state index contributed by atoms with van der Waals surface area (Å²) in [6.45, 7) is 6.98. The Labute approximate surface area is 78.8 Å². The van der Waals surface area contributed by atoms with Crippen molar-refractivity contribution in [3.63, 3.8) is 0 Å². The first-order valence-corrected chi connectivity index (χ1v) is 4.41. The third kappa shape index (κ3) is 4.45. The predicted octanol–water partition coefficient (Wildman–Crippen LogP) is 1.72. The zero-order chi connectivity index (χ0) is 10.3. The Hall–Kier alpha value is -1.12. The molecule has 0 N–H and O–H groups in total. The van der Waals surface area contributed by atoms with Gasteiger partial charge in [0.15, 0.2) is 0 Å². The number of carbonyl (C=O) groups excluding carboxylic acids is 2. The number of carbonyl (C=O) groups is 2. The highest BCUT2D eigenvalue weighted by atomic mass is 16.5. The van der Waals surface area contributed by atoms with Gasteiger partial charge in [0.2, 0.25) is 0 Å². The molecule has 0 radical (unpaired) electrons. The summed E-state index contributed by atoms with van der Waals surface area (Å²) in [4.78, 5) is 22.2. The molecule has 13 heavy (non-hydrogen) atoms. The lowest BCUT2D eigenvalue weighted by Gasteiger charge is -2.10. The van der Waals surface area contributed by atoms with Gasteiger partial charge < -0.3 is 4.74 Å². The molecule has 0 saturated carbocycles. The summed E-state index contributed by atoms with van der Waals surface area (Å²) in [5.74, 6) is -1.17. The molecule has 1 unspecified atom stereocenters. The van der Waals surface area contributed by atoms with Crippen LogP contribution >= 0.6 is 0 Å². The van der Waals surface area contributed by atoms with Gasteiger partial charge in [0.05, 0.1) is 6.61 Å². The fraction of sp³-hybridized carbons (Fsp3) is 0.600. The van der Waals surface area contributed by atoms with Gasteiger partial charge in [0, 0.05) is 0 Å². The molecule has 0 spiro atoms. The number of hydrogen-bond acceptors (Lipinski definition) is 3. The van der Waals surface area contributed by atoms with Gasteiger partial charge in [0.1, 0.15) is 11.7 Å². The summed E-state index contributed by atoms with van der Waals surface area (Å²) in [7, 11) is 0. The molecule has 1 atom stereocenters. The third-order valence-electron chi connectivity index (χ3n) is 1.72. The smallest absolute Gasteiger partial charge is 0.316 e. The number of Topliss-reactive ketones (excluding diaryl/α,β-unsaturated/α-hetero) is 1. The summed E-state index contributed by atoms with van der Waals surface area (Å²) < 4.78 is 4.77. The highest BCUT2D eigenvalue weighted by molar-refractivity contribution is 5.97. The van der Waals surface area contributed by atoms with Crippen molar-refractivity contribution in [3.05, 3.63) is 12.7 Å². The van der Waals surface area contributed by atoms with Gasteiger partial charge in [-0.25, -0.2) is 0 Å². The Bertz CT molecular complexity index is 196. The van der Waals surface area contributed by atoms with Crippen molar-refractivity contribution >= 4 is 11.8 Å². The Balaban J connectivity index is 4.15. The van der Waals surface area contributed by atoms with Crippen LogP contribution in [-0.2, 0) is 14.3 Å². The monoisotopic (exact) mass is 184 g/mol. The number of hydrogen-bond donors (Lipinski definition) is 0. The number of allylic oxidation sites excluding steroid dienone is 1. The summed E-state index contributed by atoms with van der Waals surface area (Å²) >= 11 is 0. The number of rotatable bonds is 6. The highest BCUT2D eigenvalue weighted by Gasteiger charge is 2.23. The molecule has 3 heteroatoms. The second kappa shape index (κ2) is 6.40. The minimum Gasteiger partial charge on any atom is -0.465 e. The minimum absolute atomic E-state index is 0.139. The molecular formula is C10H16O3. The van der Waals surface area contributed by atoms with Gasteiger partial charge >= 0.3 is 5.97 Å². The molecule has 74 valence electrons. The summed E-state index contributed by atoms with van der Waals surface area (Å²) in [6.07, 6.45) is 2.84. The van der Waals surface area contributed by atoms with E-state index < -0.39 is 11.9 Å². The average molecular weight is 184 g/mol. The lowest BCUT2D eigenvalue weighted by atomic mass is 9.99. The van der Waals surface area contributed by atoms with Crippen LogP contribution in [0.2, 0.25) is 0 Å². The van der Waals surface area contributed by atoms with E-state index in [4.69, 9.17) is 4.74 Å². The van der Waals surface area contributed by atoms with Crippen LogP contribution in [0.25, 0.3) is 0 Å². The van der Waals surface area contributed by atoms with Crippen molar-refractivity contribution in [2.75, 3.05) is 6.61 Å². The maximum atomic E-state index is 11.2. The van der Waals surface area contributed by atoms with E-state index >= 15 is 0 Å². The molecule has 0 aromatic carbocycles. The highest BCUT2D eigenvalue weighted by Crippen LogP contribution is 2.10. The average Bonchev–Trinajstić information content (AvgIpc) is 2.05. The molecule has 0 aromatic rings. The molecule has 0 heterocycles. The third-order valence-corrected chi connectivity index (χ3v) is 1.72. The SMILES string of the molecule is C=CCCC(C(C)=O)C(=O)OCC. The van der Waals surface area contributed by atoms with Crippen LogP contribution < -0.4 is 0 Å². The summed E-state index contributed by atoms with van der Waals surface area (Å²) in [6, 6.07) is 0. The van der Waals surface area contributed by atoms with Crippen LogP contribution in [0.4, 0.5) is 0 Å². The van der Waals surface area contributed by atoms with Crippen molar-refractivity contribution < 1.29 is 14.3 Å². The van der Waals surface area contributed by atoms with Crippen molar-refractivity contribution in [1.29, 1.82) is 0 Å². The molecule has 0 amide bonds. The standard InChI is InChI=1S/C10H16O3/c1-4-6-7-9(8(3)11)10(12)13-5-2/h4,9H,1,5-7H2,2-3H3. The van der Waals surface area contributed by atoms with Crippen LogP contribution in [0.1, 0.15) is 26.7 Å². The van der Waals surface area contributed by atoms with Gasteiger partial charge in [-0.15, -0.1) is 6.58 Å². The Morgan fingerprint density at radius 1 is 1.54 bits per heavy atom. The molecule has 0 aromatic heterocycles. The topological polar surface area (TPSA) is 43.4 Å². The maximum absolute atomic E-state index is 11.2. The van der Waals surface area contributed by atoms with E-state index in [9.17, 15) is 9.59 Å². The molecule has 0 saturated heterocycles. The van der Waals surface area contributed by atoms with Crippen LogP contribution in [-0.4, -0.2) is 18.4 Å². The van der Waals surface area contributed by atoms with Crippen LogP contribution in [0, 0.1) is 5.92 Å². The van der Waals surface area contributed by atoms with Gasteiger partial charge in [-0.3, -0.25) is 9.59 Å². The van der Waals surface area contributed by atoms with Crippen molar-refractivity contribution in [1.82, 2.24) is 0 Å². The quantitative estimate of drug-likeness (QED) is 0.358. The van der Waals surface area contributed by atoms with E-state index in [0.717, 1.165) is 0 Å². The molecule has 0 bridgehead atoms. The molecule has 0 aliphatic heterocycles. The molecule has 0 aliphatic carbocycles. The number of ketones is 1. The van der Waals surface area contributed by atoms with Gasteiger partial charge in [0.25, 0.3) is 0 Å². The van der Waals surface area contributed by atoms with Crippen molar-refractivity contribution in [2.24, 2.45) is 5.92 Å². The lowest BCUT2D eigenvalue weighted by molar-refractivity contribution is -0.151. The van der Waals surface area contributed by atoms with Crippen molar-refractivity contribution in [3.8, 4) is 0 Å². The number of ether oxygens (including phenoxy) is 1. The lowest BCUT2D eigenvalue weighted by Crippen LogP contribution is -2.24. The molecular weight excluding hydrogens is 168 g/mol. The first kappa shape index (κ1) is 11.9. The van der Waals surface area contributed by atoms with E-state index in [1.165, 1.54) is 6.92 Å². The Morgan fingerprint density at radius 2 is 2.15 bits per heavy atom. The molecule has 3 nitrogen and oxygen atoms in total. The van der Waals surface area contributed by atoms with Gasteiger partial charge in [-0.2, -0.15) is 0 Å². The van der Waals surface area contributed by atoms with Crippen LogP contribution in [0.3, 0.4) is 0 Å². The zero-order valence-electron chi connectivity index (χ0n) is 8.21. The van der Waals surface area contributed by atoms with E-state index in [0.29, 0.717) is 19.4 Å². The van der Waals surface area contributed by atoms with Gasteiger partial charge in [-0.05, 0) is 26.7 Å². The molecule has 0 fully saturated rings. The van der Waals surface area contributed by atoms with E-state index in [1.807, 2.05) is 0 Å². The maximum Gasteiger partial charge on any atom is 0.316 e. The first-order valence-electron chi connectivity index (χ1n) is 4.41. The van der Waals surface area contributed by atoms with E-state index in [-0.39, 0.29) is 5.78 Å². The van der Waals surface area contributed by atoms with Crippen LogP contribution in [0.15, 0.2) is 12.7 Å². The predicted molar refractivity (Wildman–Crippen MR) is 50.2 cm³/mol. The zero-order valence-corrected chi connectivity index (χ0v) is 8.21. The fourth-order valence-electron chi connectivity index (χ4n) is 1.01. The number of esters is 1. The largest absolute Gasteiger partial charge is 0.465 e. The van der Waals surface area contributed by atoms with E-state index in [2.05, 4.69) is 6.58 Å². The fourth-order valence-corrected chi connectivity index (χ4v) is 1.01. The normalized spacial score (nSPS) is 11.8. The van der Waals surface area contributed by atoms with Crippen LogP contribution in [0.5, 0.6) is 0 Å². The summed E-state index contributed by atoms with van der Waals surface area (Å²) in [5.41, 5.74) is 0.